The first-order valence-corrected chi connectivity index (χ1v) is 9.21. The average Bonchev–Trinajstić information content (AvgIpc) is 2.60. The Kier molecular flexibility index (Phi) is 5.41. The SMILES string of the molecule is Cc1nc2ccccc2c(-c2ccc(Cl)c(F)c2)c1[C@H](OC(C)(C)C)C(=O)O. The van der Waals surface area contributed by atoms with Crippen LogP contribution in [0.25, 0.3) is 22.0 Å². The van der Waals surface area contributed by atoms with Crippen LogP contribution in [0.5, 0.6) is 0 Å². The first kappa shape index (κ1) is 20.2. The highest BCUT2D eigenvalue weighted by molar-refractivity contribution is 6.30. The lowest BCUT2D eigenvalue weighted by Crippen LogP contribution is -2.28. The highest BCUT2D eigenvalue weighted by atomic mass is 35.5. The summed E-state index contributed by atoms with van der Waals surface area (Å²) in [6.45, 7) is 7.09. The van der Waals surface area contributed by atoms with E-state index in [9.17, 15) is 14.3 Å². The number of carboxylic acid groups (broad SMARTS) is 1. The number of hydrogen-bond donors (Lipinski definition) is 1. The summed E-state index contributed by atoms with van der Waals surface area (Å²) in [7, 11) is 0. The summed E-state index contributed by atoms with van der Waals surface area (Å²) < 4.78 is 20.1. The zero-order valence-electron chi connectivity index (χ0n) is 16.1. The molecular formula is C22H21ClFNO3. The van der Waals surface area contributed by atoms with E-state index in [1.54, 1.807) is 33.8 Å². The first-order chi connectivity index (χ1) is 13.1. The Hall–Kier alpha value is -2.50. The molecule has 3 aromatic rings. The van der Waals surface area contributed by atoms with Crippen molar-refractivity contribution in [2.45, 2.75) is 39.4 Å². The molecule has 3 rings (SSSR count). The molecule has 4 nitrogen and oxygen atoms in total. The summed E-state index contributed by atoms with van der Waals surface area (Å²) >= 11 is 5.85. The second-order valence-corrected chi connectivity index (χ2v) is 7.99. The van der Waals surface area contributed by atoms with E-state index in [4.69, 9.17) is 16.3 Å². The molecule has 0 amide bonds. The van der Waals surface area contributed by atoms with E-state index in [-0.39, 0.29) is 5.02 Å². The number of rotatable bonds is 4. The Morgan fingerprint density at radius 2 is 1.89 bits per heavy atom. The lowest BCUT2D eigenvalue weighted by Gasteiger charge is -2.28. The quantitative estimate of drug-likeness (QED) is 0.587. The minimum Gasteiger partial charge on any atom is -0.479 e. The zero-order chi connectivity index (χ0) is 20.6. The van der Waals surface area contributed by atoms with Gasteiger partial charge in [0, 0.05) is 16.6 Å². The van der Waals surface area contributed by atoms with Gasteiger partial charge in [0.15, 0.2) is 6.10 Å². The molecule has 0 aliphatic rings. The Balaban J connectivity index is 2.40. The highest BCUT2D eigenvalue weighted by Crippen LogP contribution is 2.39. The molecule has 0 spiro atoms. The number of ether oxygens (including phenoxy) is 1. The van der Waals surface area contributed by atoms with Crippen LogP contribution in [0.2, 0.25) is 5.02 Å². The minimum atomic E-state index is -1.26. The molecule has 2 aromatic carbocycles. The smallest absolute Gasteiger partial charge is 0.337 e. The monoisotopic (exact) mass is 401 g/mol. The number of pyridine rings is 1. The molecule has 1 atom stereocenters. The van der Waals surface area contributed by atoms with Gasteiger partial charge in [0.2, 0.25) is 0 Å². The molecule has 0 bridgehead atoms. The molecule has 1 heterocycles. The van der Waals surface area contributed by atoms with Crippen LogP contribution >= 0.6 is 11.6 Å². The third-order valence-electron chi connectivity index (χ3n) is 4.29. The molecular weight excluding hydrogens is 381 g/mol. The van der Waals surface area contributed by atoms with Crippen LogP contribution in [-0.4, -0.2) is 21.7 Å². The Morgan fingerprint density at radius 3 is 2.50 bits per heavy atom. The lowest BCUT2D eigenvalue weighted by atomic mass is 9.91. The van der Waals surface area contributed by atoms with Crippen molar-refractivity contribution in [3.63, 3.8) is 0 Å². The van der Waals surface area contributed by atoms with Gasteiger partial charge in [-0.15, -0.1) is 0 Å². The summed E-state index contributed by atoms with van der Waals surface area (Å²) in [6.07, 6.45) is -1.26. The van der Waals surface area contributed by atoms with Crippen LogP contribution in [0.1, 0.15) is 38.1 Å². The molecule has 6 heteroatoms. The van der Waals surface area contributed by atoms with Crippen molar-refractivity contribution in [1.29, 1.82) is 0 Å². The number of benzene rings is 2. The molecule has 1 aromatic heterocycles. The summed E-state index contributed by atoms with van der Waals surface area (Å²) in [4.78, 5) is 16.7. The second-order valence-electron chi connectivity index (χ2n) is 7.58. The number of aliphatic carboxylic acids is 1. The summed E-state index contributed by atoms with van der Waals surface area (Å²) in [5, 5.41) is 10.6. The van der Waals surface area contributed by atoms with Gasteiger partial charge in [0.05, 0.1) is 16.1 Å². The van der Waals surface area contributed by atoms with Crippen molar-refractivity contribution in [1.82, 2.24) is 4.98 Å². The molecule has 0 fully saturated rings. The zero-order valence-corrected chi connectivity index (χ0v) is 16.8. The van der Waals surface area contributed by atoms with Crippen molar-refractivity contribution < 1.29 is 19.0 Å². The fourth-order valence-corrected chi connectivity index (χ4v) is 3.34. The number of halogens is 2. The standard InChI is InChI=1S/C22H21ClFNO3/c1-12-18(20(21(26)27)28-22(2,3)4)19(13-9-10-15(23)16(24)11-13)14-7-5-6-8-17(14)25-12/h5-11,20H,1-4H3,(H,26,27)/t20-/m0/s1. The van der Waals surface area contributed by atoms with Gasteiger partial charge in [0.25, 0.3) is 0 Å². The van der Waals surface area contributed by atoms with Gasteiger partial charge in [-0.2, -0.15) is 0 Å². The third kappa shape index (κ3) is 4.01. The minimum absolute atomic E-state index is 0.00103. The molecule has 0 radical (unpaired) electrons. The van der Waals surface area contributed by atoms with Crippen molar-refractivity contribution in [3.8, 4) is 11.1 Å². The van der Waals surface area contributed by atoms with E-state index >= 15 is 0 Å². The number of para-hydroxylation sites is 1. The Bertz CT molecular complexity index is 1060. The predicted molar refractivity (Wildman–Crippen MR) is 108 cm³/mol. The number of nitrogens with zero attached hydrogens (tertiary/aromatic N) is 1. The number of hydrogen-bond acceptors (Lipinski definition) is 3. The van der Waals surface area contributed by atoms with Gasteiger partial charge >= 0.3 is 5.97 Å². The number of carbonyl (C=O) groups is 1. The average molecular weight is 402 g/mol. The van der Waals surface area contributed by atoms with Gasteiger partial charge in [-0.25, -0.2) is 9.18 Å². The van der Waals surface area contributed by atoms with Gasteiger partial charge < -0.3 is 9.84 Å². The van der Waals surface area contributed by atoms with Crippen LogP contribution in [-0.2, 0) is 9.53 Å². The number of fused-ring (bicyclic) bond motifs is 1. The van der Waals surface area contributed by atoms with E-state index < -0.39 is 23.5 Å². The lowest BCUT2D eigenvalue weighted by molar-refractivity contribution is -0.160. The van der Waals surface area contributed by atoms with E-state index in [0.29, 0.717) is 33.3 Å². The number of aromatic nitrogens is 1. The molecule has 146 valence electrons. The van der Waals surface area contributed by atoms with E-state index in [0.717, 1.165) is 0 Å². The summed E-state index contributed by atoms with van der Waals surface area (Å²) in [6, 6.07) is 11.8. The number of aryl methyl sites for hydroxylation is 1. The fraction of sp³-hybridized carbons (Fsp3) is 0.273. The summed E-state index contributed by atoms with van der Waals surface area (Å²) in [5.41, 5.74) is 2.00. The van der Waals surface area contributed by atoms with Crippen LogP contribution in [0.4, 0.5) is 4.39 Å². The number of carboxylic acids is 1. The largest absolute Gasteiger partial charge is 0.479 e. The maximum absolute atomic E-state index is 14.2. The topological polar surface area (TPSA) is 59.4 Å². The Morgan fingerprint density at radius 1 is 1.21 bits per heavy atom. The first-order valence-electron chi connectivity index (χ1n) is 8.84. The van der Waals surface area contributed by atoms with Gasteiger partial charge in [-0.3, -0.25) is 4.98 Å². The van der Waals surface area contributed by atoms with Crippen molar-refractivity contribution >= 4 is 28.5 Å². The van der Waals surface area contributed by atoms with E-state index in [1.165, 1.54) is 12.1 Å². The van der Waals surface area contributed by atoms with Gasteiger partial charge in [-0.05, 0) is 57.0 Å². The molecule has 0 aliphatic carbocycles. The molecule has 1 N–H and O–H groups in total. The van der Waals surface area contributed by atoms with Crippen LogP contribution < -0.4 is 0 Å². The van der Waals surface area contributed by atoms with Crippen molar-refractivity contribution in [3.05, 3.63) is 64.6 Å². The second kappa shape index (κ2) is 7.49. The fourth-order valence-electron chi connectivity index (χ4n) is 3.22. The van der Waals surface area contributed by atoms with Gasteiger partial charge in [-0.1, -0.05) is 35.9 Å². The van der Waals surface area contributed by atoms with Crippen LogP contribution in [0.3, 0.4) is 0 Å². The maximum Gasteiger partial charge on any atom is 0.337 e. The maximum atomic E-state index is 14.2. The molecule has 0 unspecified atom stereocenters. The van der Waals surface area contributed by atoms with E-state index in [1.807, 2.05) is 24.3 Å². The molecule has 28 heavy (non-hydrogen) atoms. The van der Waals surface area contributed by atoms with Gasteiger partial charge in [0.1, 0.15) is 5.82 Å². The molecule has 0 aliphatic heterocycles. The van der Waals surface area contributed by atoms with Crippen molar-refractivity contribution in [2.24, 2.45) is 0 Å². The normalized spacial score (nSPS) is 12.9. The van der Waals surface area contributed by atoms with Crippen molar-refractivity contribution in [2.75, 3.05) is 0 Å². The molecule has 0 saturated heterocycles. The Labute approximate surface area is 167 Å². The molecule has 0 saturated carbocycles. The predicted octanol–water partition coefficient (Wildman–Crippen LogP) is 5.94. The highest BCUT2D eigenvalue weighted by Gasteiger charge is 2.32. The third-order valence-corrected chi connectivity index (χ3v) is 4.59. The van der Waals surface area contributed by atoms with E-state index in [2.05, 4.69) is 4.98 Å². The van der Waals surface area contributed by atoms with Crippen LogP contribution in [0.15, 0.2) is 42.5 Å². The summed E-state index contributed by atoms with van der Waals surface area (Å²) in [5.74, 6) is -1.71. The van der Waals surface area contributed by atoms with Crippen LogP contribution in [0, 0.1) is 12.7 Å².